The van der Waals surface area contributed by atoms with Gasteiger partial charge in [-0.2, -0.15) is 0 Å². The molecule has 0 spiro atoms. The van der Waals surface area contributed by atoms with Gasteiger partial charge in [-0.1, -0.05) is 45.4 Å². The smallest absolute Gasteiger partial charge is 0.0302 e. The van der Waals surface area contributed by atoms with Crippen molar-refractivity contribution in [2.75, 3.05) is 0 Å². The van der Waals surface area contributed by atoms with E-state index >= 15 is 0 Å². The molecule has 0 saturated heterocycles. The second kappa shape index (κ2) is 5.44. The summed E-state index contributed by atoms with van der Waals surface area (Å²) in [5.41, 5.74) is 12.1. The third-order valence-electron chi connectivity index (χ3n) is 4.19. The molecule has 1 aromatic rings. The monoisotopic (exact) mass is 247 g/mol. The molecule has 0 aliphatic carbocycles. The van der Waals surface area contributed by atoms with E-state index in [2.05, 4.69) is 60.6 Å². The van der Waals surface area contributed by atoms with Gasteiger partial charge in [-0.3, -0.25) is 0 Å². The summed E-state index contributed by atoms with van der Waals surface area (Å²) in [4.78, 5) is 0. The highest BCUT2D eigenvalue weighted by Crippen LogP contribution is 2.34. The Balaban J connectivity index is 2.95. The Bertz CT molecular complexity index is 389. The van der Waals surface area contributed by atoms with Gasteiger partial charge in [-0.15, -0.1) is 0 Å². The molecule has 2 atom stereocenters. The van der Waals surface area contributed by atoms with Crippen LogP contribution < -0.4 is 5.73 Å². The molecule has 0 aromatic heterocycles. The van der Waals surface area contributed by atoms with E-state index in [1.807, 2.05) is 0 Å². The summed E-state index contributed by atoms with van der Waals surface area (Å²) in [5.74, 6) is 0.618. The zero-order valence-electron chi connectivity index (χ0n) is 13.1. The van der Waals surface area contributed by atoms with Crippen LogP contribution in [0.3, 0.4) is 0 Å². The van der Waals surface area contributed by atoms with Gasteiger partial charge in [-0.05, 0) is 55.2 Å². The molecule has 0 aliphatic rings. The Kier molecular flexibility index (Phi) is 4.61. The van der Waals surface area contributed by atoms with E-state index in [-0.39, 0.29) is 6.04 Å². The molecule has 1 aromatic carbocycles. The molecule has 2 unspecified atom stereocenters. The standard InChI is InChI=1S/C17H29N/c1-11-8-12(2)16(13(3)9-11)15(18)10-14(4)17(5,6)7/h8-9,14-15H,10,18H2,1-7H3. The van der Waals surface area contributed by atoms with E-state index in [4.69, 9.17) is 5.73 Å². The van der Waals surface area contributed by atoms with Crippen LogP contribution >= 0.6 is 0 Å². The predicted octanol–water partition coefficient (Wildman–Crippen LogP) is 4.68. The SMILES string of the molecule is Cc1cc(C)c(C(N)CC(C)C(C)(C)C)c(C)c1. The van der Waals surface area contributed by atoms with Gasteiger partial charge in [0, 0.05) is 6.04 Å². The van der Waals surface area contributed by atoms with Crippen LogP contribution in [-0.2, 0) is 0 Å². The van der Waals surface area contributed by atoms with Gasteiger partial charge >= 0.3 is 0 Å². The molecular formula is C17H29N. The van der Waals surface area contributed by atoms with Crippen LogP contribution in [0.5, 0.6) is 0 Å². The van der Waals surface area contributed by atoms with Gasteiger partial charge in [-0.25, -0.2) is 0 Å². The summed E-state index contributed by atoms with van der Waals surface area (Å²) in [5, 5.41) is 0. The summed E-state index contributed by atoms with van der Waals surface area (Å²) >= 11 is 0. The minimum atomic E-state index is 0.153. The first-order valence-corrected chi connectivity index (χ1v) is 6.96. The first-order chi connectivity index (χ1) is 8.12. The lowest BCUT2D eigenvalue weighted by atomic mass is 9.77. The van der Waals surface area contributed by atoms with E-state index in [0.717, 1.165) is 6.42 Å². The number of rotatable bonds is 3. The fourth-order valence-corrected chi connectivity index (χ4v) is 2.63. The lowest BCUT2D eigenvalue weighted by Gasteiger charge is -2.30. The minimum absolute atomic E-state index is 0.153. The van der Waals surface area contributed by atoms with Crippen molar-refractivity contribution in [2.45, 2.75) is 60.9 Å². The highest BCUT2D eigenvalue weighted by atomic mass is 14.6. The van der Waals surface area contributed by atoms with Gasteiger partial charge in [0.1, 0.15) is 0 Å². The zero-order valence-corrected chi connectivity index (χ0v) is 13.1. The van der Waals surface area contributed by atoms with Gasteiger partial charge < -0.3 is 5.73 Å². The van der Waals surface area contributed by atoms with Gasteiger partial charge in [0.2, 0.25) is 0 Å². The summed E-state index contributed by atoms with van der Waals surface area (Å²) in [6.07, 6.45) is 1.05. The average Bonchev–Trinajstić information content (AvgIpc) is 2.13. The van der Waals surface area contributed by atoms with Crippen LogP contribution in [-0.4, -0.2) is 0 Å². The summed E-state index contributed by atoms with van der Waals surface area (Å²) in [7, 11) is 0. The molecule has 1 nitrogen and oxygen atoms in total. The molecule has 0 radical (unpaired) electrons. The van der Waals surface area contributed by atoms with Crippen LogP contribution in [0.15, 0.2) is 12.1 Å². The molecule has 2 N–H and O–H groups in total. The quantitative estimate of drug-likeness (QED) is 0.824. The molecule has 0 fully saturated rings. The normalized spacial score (nSPS) is 15.6. The van der Waals surface area contributed by atoms with Crippen molar-refractivity contribution in [3.63, 3.8) is 0 Å². The maximum absolute atomic E-state index is 6.44. The number of benzene rings is 1. The summed E-state index contributed by atoms with van der Waals surface area (Å²) < 4.78 is 0. The zero-order chi connectivity index (χ0) is 14.1. The largest absolute Gasteiger partial charge is 0.324 e. The van der Waals surface area contributed by atoms with Crippen LogP contribution in [0.4, 0.5) is 0 Å². The molecule has 102 valence electrons. The van der Waals surface area contributed by atoms with Crippen LogP contribution in [0.25, 0.3) is 0 Å². The lowest BCUT2D eigenvalue weighted by molar-refractivity contribution is 0.233. The molecule has 0 bridgehead atoms. The minimum Gasteiger partial charge on any atom is -0.324 e. The van der Waals surface area contributed by atoms with E-state index < -0.39 is 0 Å². The molecule has 1 rings (SSSR count). The maximum atomic E-state index is 6.44. The average molecular weight is 247 g/mol. The van der Waals surface area contributed by atoms with Crippen molar-refractivity contribution in [3.05, 3.63) is 34.4 Å². The van der Waals surface area contributed by atoms with Crippen molar-refractivity contribution in [1.82, 2.24) is 0 Å². The number of nitrogens with two attached hydrogens (primary N) is 1. The molecular weight excluding hydrogens is 218 g/mol. The summed E-state index contributed by atoms with van der Waals surface area (Å²) in [6.45, 7) is 15.7. The highest BCUT2D eigenvalue weighted by Gasteiger charge is 2.24. The maximum Gasteiger partial charge on any atom is 0.0302 e. The summed E-state index contributed by atoms with van der Waals surface area (Å²) in [6, 6.07) is 4.63. The molecule has 18 heavy (non-hydrogen) atoms. The first kappa shape index (κ1) is 15.2. The van der Waals surface area contributed by atoms with Crippen molar-refractivity contribution in [2.24, 2.45) is 17.1 Å². The molecule has 0 amide bonds. The molecule has 0 saturated carbocycles. The van der Waals surface area contributed by atoms with Crippen LogP contribution in [0.2, 0.25) is 0 Å². The fraction of sp³-hybridized carbons (Fsp3) is 0.647. The number of hydrogen-bond donors (Lipinski definition) is 1. The third kappa shape index (κ3) is 3.58. The predicted molar refractivity (Wildman–Crippen MR) is 80.8 cm³/mol. The van der Waals surface area contributed by atoms with Crippen molar-refractivity contribution < 1.29 is 0 Å². The van der Waals surface area contributed by atoms with E-state index in [1.54, 1.807) is 0 Å². The van der Waals surface area contributed by atoms with Gasteiger partial charge in [0.05, 0.1) is 0 Å². The van der Waals surface area contributed by atoms with E-state index in [9.17, 15) is 0 Å². The Labute approximate surface area is 113 Å². The van der Waals surface area contributed by atoms with E-state index in [1.165, 1.54) is 22.3 Å². The number of hydrogen-bond acceptors (Lipinski definition) is 1. The fourth-order valence-electron chi connectivity index (χ4n) is 2.63. The Hall–Kier alpha value is -0.820. The van der Waals surface area contributed by atoms with Crippen molar-refractivity contribution in [1.29, 1.82) is 0 Å². The van der Waals surface area contributed by atoms with Crippen LogP contribution in [0.1, 0.15) is 62.4 Å². The molecule has 1 heteroatoms. The highest BCUT2D eigenvalue weighted by molar-refractivity contribution is 5.39. The Morgan fingerprint density at radius 3 is 1.89 bits per heavy atom. The van der Waals surface area contributed by atoms with E-state index in [0.29, 0.717) is 11.3 Å². The third-order valence-corrected chi connectivity index (χ3v) is 4.19. The first-order valence-electron chi connectivity index (χ1n) is 6.96. The topological polar surface area (TPSA) is 26.0 Å². The molecule has 0 heterocycles. The van der Waals surface area contributed by atoms with Crippen LogP contribution in [0, 0.1) is 32.1 Å². The van der Waals surface area contributed by atoms with Crippen molar-refractivity contribution in [3.8, 4) is 0 Å². The Morgan fingerprint density at radius 2 is 1.50 bits per heavy atom. The second-order valence-corrected chi connectivity index (χ2v) is 6.92. The molecule has 0 aliphatic heterocycles. The Morgan fingerprint density at radius 1 is 1.06 bits per heavy atom. The van der Waals surface area contributed by atoms with Crippen molar-refractivity contribution >= 4 is 0 Å². The lowest BCUT2D eigenvalue weighted by Crippen LogP contribution is -2.24. The number of aryl methyl sites for hydroxylation is 3. The van der Waals surface area contributed by atoms with Gasteiger partial charge in [0.15, 0.2) is 0 Å². The van der Waals surface area contributed by atoms with Gasteiger partial charge in [0.25, 0.3) is 0 Å². The second-order valence-electron chi connectivity index (χ2n) is 6.92.